The normalized spacial score (nSPS) is 10.5. The van der Waals surface area contributed by atoms with E-state index in [1.165, 1.54) is 0 Å². The maximum absolute atomic E-state index is 12.5. The highest BCUT2D eigenvalue weighted by atomic mass is 16.5. The van der Waals surface area contributed by atoms with Crippen LogP contribution in [0.2, 0.25) is 0 Å². The summed E-state index contributed by atoms with van der Waals surface area (Å²) in [6.07, 6.45) is 0.871. The van der Waals surface area contributed by atoms with Crippen LogP contribution in [0.25, 0.3) is 0 Å². The number of hydrogen-bond acceptors (Lipinski definition) is 3. The quantitative estimate of drug-likeness (QED) is 0.798. The van der Waals surface area contributed by atoms with Crippen molar-refractivity contribution in [3.8, 4) is 5.75 Å². The average Bonchev–Trinajstić information content (AvgIpc) is 2.43. The predicted molar refractivity (Wildman–Crippen MR) is 82.2 cm³/mol. The summed E-state index contributed by atoms with van der Waals surface area (Å²) >= 11 is 0. The molecule has 0 spiro atoms. The molecule has 0 saturated carbocycles. The molecule has 0 aliphatic rings. The monoisotopic (exact) mass is 292 g/mol. The van der Waals surface area contributed by atoms with Crippen LogP contribution < -0.4 is 10.5 Å². The number of hydrogen-bond donors (Lipinski definition) is 1. The standard InChI is InChI=1S/C16H24N2O3/c1-4-21-14-9-7-13(8-10-14)16(20)18(12(2)3)11-5-6-15(17)19/h7-10,12H,4-6,11H2,1-3H3,(H2,17,19). The number of primary amides is 1. The Balaban J connectivity index is 2.73. The Morgan fingerprint density at radius 3 is 2.33 bits per heavy atom. The Bertz CT molecular complexity index is 469. The highest BCUT2D eigenvalue weighted by Gasteiger charge is 2.18. The summed E-state index contributed by atoms with van der Waals surface area (Å²) in [6.45, 7) is 6.94. The van der Waals surface area contributed by atoms with Gasteiger partial charge < -0.3 is 15.4 Å². The van der Waals surface area contributed by atoms with Crippen molar-refractivity contribution >= 4 is 11.8 Å². The molecule has 0 aliphatic heterocycles. The Morgan fingerprint density at radius 2 is 1.86 bits per heavy atom. The number of carbonyl (C=O) groups excluding carboxylic acids is 2. The molecule has 0 fully saturated rings. The van der Waals surface area contributed by atoms with Gasteiger partial charge in [-0.25, -0.2) is 0 Å². The largest absolute Gasteiger partial charge is 0.494 e. The molecular weight excluding hydrogens is 268 g/mol. The number of benzene rings is 1. The summed E-state index contributed by atoms with van der Waals surface area (Å²) in [5.74, 6) is 0.364. The molecule has 5 nitrogen and oxygen atoms in total. The van der Waals surface area contributed by atoms with Crippen LogP contribution in [0.15, 0.2) is 24.3 Å². The maximum atomic E-state index is 12.5. The van der Waals surface area contributed by atoms with Gasteiger partial charge in [0.05, 0.1) is 6.61 Å². The minimum atomic E-state index is -0.341. The molecule has 0 bridgehead atoms. The summed E-state index contributed by atoms with van der Waals surface area (Å²) in [6, 6.07) is 7.17. The number of nitrogens with two attached hydrogens (primary N) is 1. The molecule has 0 saturated heterocycles. The highest BCUT2D eigenvalue weighted by Crippen LogP contribution is 2.15. The molecule has 1 aromatic carbocycles. The van der Waals surface area contributed by atoms with Crippen LogP contribution in [0.4, 0.5) is 0 Å². The van der Waals surface area contributed by atoms with Gasteiger partial charge in [-0.2, -0.15) is 0 Å². The molecule has 5 heteroatoms. The minimum absolute atomic E-state index is 0.0440. The third-order valence-corrected chi connectivity index (χ3v) is 3.12. The lowest BCUT2D eigenvalue weighted by Gasteiger charge is -2.26. The first kappa shape index (κ1) is 17.0. The van der Waals surface area contributed by atoms with Crippen LogP contribution in [0, 0.1) is 0 Å². The van der Waals surface area contributed by atoms with Crippen molar-refractivity contribution < 1.29 is 14.3 Å². The van der Waals surface area contributed by atoms with Gasteiger partial charge in [-0.05, 0) is 51.5 Å². The van der Waals surface area contributed by atoms with Gasteiger partial charge in [0, 0.05) is 24.6 Å². The first-order chi connectivity index (χ1) is 9.95. The number of ether oxygens (including phenoxy) is 1. The van der Waals surface area contributed by atoms with Gasteiger partial charge in [0.2, 0.25) is 5.91 Å². The van der Waals surface area contributed by atoms with Crippen LogP contribution in [-0.2, 0) is 4.79 Å². The Labute approximate surface area is 126 Å². The Morgan fingerprint density at radius 1 is 1.24 bits per heavy atom. The molecule has 1 rings (SSSR count). The molecule has 0 unspecified atom stereocenters. The van der Waals surface area contributed by atoms with Gasteiger partial charge in [0.25, 0.3) is 5.91 Å². The van der Waals surface area contributed by atoms with E-state index in [2.05, 4.69) is 0 Å². The second-order valence-corrected chi connectivity index (χ2v) is 5.12. The van der Waals surface area contributed by atoms with Crippen LogP contribution in [0.3, 0.4) is 0 Å². The average molecular weight is 292 g/mol. The van der Waals surface area contributed by atoms with E-state index in [1.807, 2.05) is 20.8 Å². The lowest BCUT2D eigenvalue weighted by Crippen LogP contribution is -2.38. The van der Waals surface area contributed by atoms with E-state index < -0.39 is 0 Å². The van der Waals surface area contributed by atoms with E-state index >= 15 is 0 Å². The van der Waals surface area contributed by atoms with Gasteiger partial charge in [0.15, 0.2) is 0 Å². The SMILES string of the molecule is CCOc1ccc(C(=O)N(CCCC(N)=O)C(C)C)cc1. The summed E-state index contributed by atoms with van der Waals surface area (Å²) < 4.78 is 5.36. The molecule has 2 N–H and O–H groups in total. The van der Waals surface area contributed by atoms with E-state index in [1.54, 1.807) is 29.2 Å². The second-order valence-electron chi connectivity index (χ2n) is 5.12. The highest BCUT2D eigenvalue weighted by molar-refractivity contribution is 5.94. The first-order valence-corrected chi connectivity index (χ1v) is 7.27. The number of rotatable bonds is 8. The maximum Gasteiger partial charge on any atom is 0.254 e. The summed E-state index contributed by atoms with van der Waals surface area (Å²) in [7, 11) is 0. The van der Waals surface area contributed by atoms with Crippen molar-refractivity contribution in [1.82, 2.24) is 4.90 Å². The van der Waals surface area contributed by atoms with E-state index in [-0.39, 0.29) is 17.9 Å². The van der Waals surface area contributed by atoms with E-state index in [4.69, 9.17) is 10.5 Å². The van der Waals surface area contributed by atoms with E-state index in [0.717, 1.165) is 5.75 Å². The van der Waals surface area contributed by atoms with Crippen molar-refractivity contribution in [2.24, 2.45) is 5.73 Å². The van der Waals surface area contributed by atoms with E-state index in [0.29, 0.717) is 31.6 Å². The molecule has 1 aromatic rings. The zero-order valence-corrected chi connectivity index (χ0v) is 13.0. The van der Waals surface area contributed by atoms with Gasteiger partial charge in [-0.15, -0.1) is 0 Å². The fourth-order valence-corrected chi connectivity index (χ4v) is 2.04. The van der Waals surface area contributed by atoms with Crippen LogP contribution in [0.5, 0.6) is 5.75 Å². The summed E-state index contributed by atoms with van der Waals surface area (Å²) in [5, 5.41) is 0. The molecule has 0 aromatic heterocycles. The number of carbonyl (C=O) groups is 2. The lowest BCUT2D eigenvalue weighted by molar-refractivity contribution is -0.118. The fourth-order valence-electron chi connectivity index (χ4n) is 2.04. The van der Waals surface area contributed by atoms with Gasteiger partial charge in [-0.3, -0.25) is 9.59 Å². The van der Waals surface area contributed by atoms with Crippen molar-refractivity contribution in [3.05, 3.63) is 29.8 Å². The van der Waals surface area contributed by atoms with Crippen LogP contribution in [-0.4, -0.2) is 35.9 Å². The second kappa shape index (κ2) is 8.29. The number of nitrogens with zero attached hydrogens (tertiary/aromatic N) is 1. The lowest BCUT2D eigenvalue weighted by atomic mass is 10.1. The molecule has 0 radical (unpaired) electrons. The first-order valence-electron chi connectivity index (χ1n) is 7.27. The minimum Gasteiger partial charge on any atom is -0.494 e. The van der Waals surface area contributed by atoms with Crippen molar-refractivity contribution in [2.45, 2.75) is 39.7 Å². The molecule has 0 atom stereocenters. The fraction of sp³-hybridized carbons (Fsp3) is 0.500. The van der Waals surface area contributed by atoms with Gasteiger partial charge in [-0.1, -0.05) is 0 Å². The van der Waals surface area contributed by atoms with Crippen molar-refractivity contribution in [3.63, 3.8) is 0 Å². The molecule has 0 heterocycles. The van der Waals surface area contributed by atoms with Crippen molar-refractivity contribution in [1.29, 1.82) is 0 Å². The molecule has 0 aliphatic carbocycles. The van der Waals surface area contributed by atoms with Crippen LogP contribution in [0.1, 0.15) is 44.0 Å². The number of amides is 2. The van der Waals surface area contributed by atoms with Gasteiger partial charge >= 0.3 is 0 Å². The smallest absolute Gasteiger partial charge is 0.254 e. The van der Waals surface area contributed by atoms with Crippen molar-refractivity contribution in [2.75, 3.05) is 13.2 Å². The predicted octanol–water partition coefficient (Wildman–Crippen LogP) is 2.20. The van der Waals surface area contributed by atoms with Gasteiger partial charge in [0.1, 0.15) is 5.75 Å². The van der Waals surface area contributed by atoms with E-state index in [9.17, 15) is 9.59 Å². The topological polar surface area (TPSA) is 72.6 Å². The Hall–Kier alpha value is -2.04. The summed E-state index contributed by atoms with van der Waals surface area (Å²) in [4.78, 5) is 25.0. The third-order valence-electron chi connectivity index (χ3n) is 3.12. The van der Waals surface area contributed by atoms with Crippen LogP contribution >= 0.6 is 0 Å². The Kier molecular flexibility index (Phi) is 6.72. The zero-order valence-electron chi connectivity index (χ0n) is 13.0. The third kappa shape index (κ3) is 5.45. The molecule has 21 heavy (non-hydrogen) atoms. The molecular formula is C16H24N2O3. The molecule has 2 amide bonds. The zero-order chi connectivity index (χ0) is 15.8. The molecule has 116 valence electrons. The summed E-state index contributed by atoms with van der Waals surface area (Å²) in [5.41, 5.74) is 5.75.